The first-order valence-corrected chi connectivity index (χ1v) is 24.6. The minimum Gasteiger partial charge on any atom is -0.497 e. The quantitative estimate of drug-likeness (QED) is 0.0907. The summed E-state index contributed by atoms with van der Waals surface area (Å²) in [5, 5.41) is 6.79. The van der Waals surface area contributed by atoms with Gasteiger partial charge in [0.05, 0.1) is 29.1 Å². The van der Waals surface area contributed by atoms with Crippen LogP contribution in [0.15, 0.2) is 117 Å². The first-order valence-electron chi connectivity index (χ1n) is 21.1. The van der Waals surface area contributed by atoms with Gasteiger partial charge in [0, 0.05) is 45.3 Å². The molecule has 5 aromatic rings. The maximum absolute atomic E-state index is 14.9. The molecule has 3 heterocycles. The van der Waals surface area contributed by atoms with Crippen LogP contribution in [-0.4, -0.2) is 85.1 Å². The molecule has 7 rings (SSSR count). The van der Waals surface area contributed by atoms with Crippen LogP contribution in [0.5, 0.6) is 11.5 Å². The molecule has 1 aliphatic heterocycles. The molecule has 0 radical (unpaired) electrons. The molecule has 2 aromatic heterocycles. The monoisotopic (exact) mass is 973 g/mol. The maximum atomic E-state index is 14.9. The zero-order chi connectivity index (χ0) is 47.8. The number of benzene rings is 3. The van der Waals surface area contributed by atoms with Gasteiger partial charge < -0.3 is 29.7 Å². The standard InChI is InChI=1S/C48H52ClN5O9S3/c1-9-29-26-48(29,44(57)53-66(59,60)40-22-21-39(65-40)64-33-18-15-30(49)16-19-33)52-42(55)37-24-32(27-54(37)43(56)41(46(2,3)4)51-45(58)63-47(5,6)7)62-38-25-35(28-13-11-10-12-14-28)50-36-23-31(61-8)17-20-34(36)38/h9-23,25,29,32,37,41H,1,24,26-27H2,2-8H3,(H,51,58)(H,52,55)(H,53,57)/t29-,32-,37+,41-,48-/m1/s1. The SMILES string of the molecule is C=C[C@@H]1C[C@]1(NC(=O)[C@@H]1C[C@@H](Oc2cc(-c3ccccc3)nc3cc(OC)ccc23)CN1C(=O)[C@@H](NC(=O)OC(C)(C)C)C(C)(C)C)C(=O)NS(=O)(=O)c1ccc(Sc2ccc(Cl)cc2)s1. The van der Waals surface area contributed by atoms with E-state index >= 15 is 0 Å². The fourth-order valence-electron chi connectivity index (χ4n) is 7.67. The van der Waals surface area contributed by atoms with Crippen molar-refractivity contribution in [2.45, 2.75) is 97.0 Å². The largest absolute Gasteiger partial charge is 0.497 e. The van der Waals surface area contributed by atoms with Gasteiger partial charge in [0.25, 0.3) is 15.9 Å². The number of pyridine rings is 1. The van der Waals surface area contributed by atoms with Crippen molar-refractivity contribution in [1.29, 1.82) is 0 Å². The van der Waals surface area contributed by atoms with Crippen LogP contribution in [0.1, 0.15) is 54.4 Å². The fraction of sp³-hybridized carbons (Fsp3) is 0.354. The molecule has 1 aliphatic carbocycles. The molecule has 4 amide bonds. The van der Waals surface area contributed by atoms with Gasteiger partial charge in [-0.15, -0.1) is 17.9 Å². The lowest BCUT2D eigenvalue weighted by molar-refractivity contribution is -0.143. The molecule has 1 saturated heterocycles. The number of hydrogen-bond donors (Lipinski definition) is 3. The third-order valence-electron chi connectivity index (χ3n) is 11.1. The fourth-order valence-corrected chi connectivity index (χ4v) is 11.4. The van der Waals surface area contributed by atoms with E-state index in [1.807, 2.05) is 48.5 Å². The molecule has 2 fully saturated rings. The van der Waals surface area contributed by atoms with Crippen molar-refractivity contribution in [3.63, 3.8) is 0 Å². The molecule has 14 nitrogen and oxygen atoms in total. The van der Waals surface area contributed by atoms with Crippen molar-refractivity contribution in [2.75, 3.05) is 13.7 Å². The Morgan fingerprint density at radius 1 is 0.985 bits per heavy atom. The molecule has 5 atom stereocenters. The Balaban J connectivity index is 1.18. The molecule has 0 unspecified atom stereocenters. The summed E-state index contributed by atoms with van der Waals surface area (Å²) in [4.78, 5) is 64.0. The molecule has 348 valence electrons. The van der Waals surface area contributed by atoms with E-state index in [1.54, 1.807) is 85.1 Å². The smallest absolute Gasteiger partial charge is 0.408 e. The van der Waals surface area contributed by atoms with Gasteiger partial charge in [-0.3, -0.25) is 14.4 Å². The summed E-state index contributed by atoms with van der Waals surface area (Å²) in [6.07, 6.45) is -0.0795. The van der Waals surface area contributed by atoms with E-state index in [9.17, 15) is 27.6 Å². The van der Waals surface area contributed by atoms with Gasteiger partial charge in [-0.25, -0.2) is 22.9 Å². The van der Waals surface area contributed by atoms with Crippen LogP contribution < -0.4 is 24.8 Å². The van der Waals surface area contributed by atoms with Crippen molar-refractivity contribution in [2.24, 2.45) is 11.3 Å². The molecule has 3 N–H and O–H groups in total. The van der Waals surface area contributed by atoms with E-state index in [1.165, 1.54) is 28.8 Å². The minimum absolute atomic E-state index is 0.0282. The first-order chi connectivity index (χ1) is 31.1. The predicted octanol–water partition coefficient (Wildman–Crippen LogP) is 8.63. The Hall–Kier alpha value is -5.62. The second kappa shape index (κ2) is 18.9. The summed E-state index contributed by atoms with van der Waals surface area (Å²) >= 11 is 8.35. The van der Waals surface area contributed by atoms with Crippen LogP contribution >= 0.6 is 34.7 Å². The third kappa shape index (κ3) is 11.0. The average molecular weight is 975 g/mol. The summed E-state index contributed by atoms with van der Waals surface area (Å²) in [6.45, 7) is 14.2. The van der Waals surface area contributed by atoms with Gasteiger partial charge in [0.1, 0.15) is 45.0 Å². The zero-order valence-corrected chi connectivity index (χ0v) is 40.8. The Morgan fingerprint density at radius 2 is 1.70 bits per heavy atom. The maximum Gasteiger partial charge on any atom is 0.408 e. The van der Waals surface area contributed by atoms with E-state index in [0.29, 0.717) is 37.3 Å². The van der Waals surface area contributed by atoms with Crippen LogP contribution in [0.4, 0.5) is 4.79 Å². The lowest BCUT2D eigenvalue weighted by Gasteiger charge is -2.36. The summed E-state index contributed by atoms with van der Waals surface area (Å²) < 4.78 is 47.9. The summed E-state index contributed by atoms with van der Waals surface area (Å²) in [5.41, 5.74) is -1.39. The molecule has 3 aromatic carbocycles. The highest BCUT2D eigenvalue weighted by Crippen LogP contribution is 2.46. The van der Waals surface area contributed by atoms with Crippen molar-refractivity contribution in [1.82, 2.24) is 25.2 Å². The number of carbonyl (C=O) groups excluding carboxylic acids is 4. The lowest BCUT2D eigenvalue weighted by Crippen LogP contribution is -2.60. The molecule has 1 saturated carbocycles. The van der Waals surface area contributed by atoms with Gasteiger partial charge >= 0.3 is 6.09 Å². The number of aromatic nitrogens is 1. The van der Waals surface area contributed by atoms with Gasteiger partial charge in [-0.05, 0) is 81.1 Å². The van der Waals surface area contributed by atoms with Gasteiger partial charge in [0.2, 0.25) is 11.8 Å². The third-order valence-corrected chi connectivity index (χ3v) is 15.4. The summed E-state index contributed by atoms with van der Waals surface area (Å²) in [6, 6.07) is 24.5. The van der Waals surface area contributed by atoms with Crippen LogP contribution in [0.25, 0.3) is 22.2 Å². The number of nitrogens with one attached hydrogen (secondary N) is 3. The second-order valence-electron chi connectivity index (χ2n) is 18.3. The average Bonchev–Trinajstić information content (AvgIpc) is 3.52. The van der Waals surface area contributed by atoms with E-state index in [4.69, 9.17) is 30.8 Å². The molecule has 0 spiro atoms. The van der Waals surface area contributed by atoms with Gasteiger partial charge in [-0.2, -0.15) is 0 Å². The van der Waals surface area contributed by atoms with E-state index in [2.05, 4.69) is 21.9 Å². The van der Waals surface area contributed by atoms with E-state index in [-0.39, 0.29) is 23.6 Å². The Labute approximate surface area is 397 Å². The topological polar surface area (TPSA) is 182 Å². The highest BCUT2D eigenvalue weighted by Gasteiger charge is 2.61. The number of hydrogen-bond acceptors (Lipinski definition) is 12. The normalized spacial score (nSPS) is 19.9. The van der Waals surface area contributed by atoms with Gasteiger partial charge in [0.15, 0.2) is 0 Å². The number of thiophene rings is 1. The number of carbonyl (C=O) groups is 4. The van der Waals surface area contributed by atoms with Crippen molar-refractivity contribution in [3.05, 3.63) is 109 Å². The highest BCUT2D eigenvalue weighted by molar-refractivity contribution is 8.01. The number of nitrogens with zero attached hydrogens (tertiary/aromatic N) is 2. The Kier molecular flexibility index (Phi) is 13.9. The Bertz CT molecular complexity index is 2770. The summed E-state index contributed by atoms with van der Waals surface area (Å²) in [5.74, 6) is -1.85. The molecule has 66 heavy (non-hydrogen) atoms. The van der Waals surface area contributed by atoms with E-state index in [0.717, 1.165) is 21.8 Å². The van der Waals surface area contributed by atoms with Crippen molar-refractivity contribution < 1.29 is 41.8 Å². The van der Waals surface area contributed by atoms with Crippen molar-refractivity contribution in [3.8, 4) is 22.8 Å². The number of amides is 4. The highest BCUT2D eigenvalue weighted by atomic mass is 35.5. The minimum atomic E-state index is -4.38. The number of rotatable bonds is 14. The van der Waals surface area contributed by atoms with Crippen molar-refractivity contribution >= 4 is 79.4 Å². The molecular weight excluding hydrogens is 922 g/mol. The Morgan fingerprint density at radius 3 is 2.33 bits per heavy atom. The summed E-state index contributed by atoms with van der Waals surface area (Å²) in [7, 11) is -2.82. The van der Waals surface area contributed by atoms with Crippen LogP contribution in [-0.2, 0) is 29.1 Å². The van der Waals surface area contributed by atoms with E-state index < -0.39 is 74.5 Å². The first kappa shape index (κ1) is 48.3. The second-order valence-corrected chi connectivity index (χ2v) is 23.1. The molecular formula is C48H52ClN5O9S3. The number of sulfonamides is 1. The number of likely N-dealkylation sites (tertiary alicyclic amines) is 1. The number of alkyl carbamates (subject to hydrolysis) is 1. The number of halogens is 1. The number of fused-ring (bicyclic) bond motifs is 1. The number of ether oxygens (including phenoxy) is 3. The lowest BCUT2D eigenvalue weighted by atomic mass is 9.85. The zero-order valence-electron chi connectivity index (χ0n) is 37.5. The predicted molar refractivity (Wildman–Crippen MR) is 255 cm³/mol. The molecule has 0 bridgehead atoms. The van der Waals surface area contributed by atoms with Gasteiger partial charge in [-0.1, -0.05) is 80.5 Å². The molecule has 18 heteroatoms. The molecule has 2 aliphatic rings. The van der Waals surface area contributed by atoms with Crippen LogP contribution in [0.3, 0.4) is 0 Å². The van der Waals surface area contributed by atoms with Crippen LogP contribution in [0, 0.1) is 11.3 Å². The van der Waals surface area contributed by atoms with Crippen LogP contribution in [0.2, 0.25) is 5.02 Å². The number of methoxy groups -OCH3 is 1.